The summed E-state index contributed by atoms with van der Waals surface area (Å²) in [6.45, 7) is 4.19. The molecule has 0 spiro atoms. The van der Waals surface area contributed by atoms with E-state index in [2.05, 4.69) is 62.4 Å². The number of halogens is 4. The van der Waals surface area contributed by atoms with Crippen LogP contribution in [0.4, 0.5) is 12.9 Å². The number of benzene rings is 2. The Bertz CT molecular complexity index is 483. The predicted octanol–water partition coefficient (Wildman–Crippen LogP) is 4.27. The molecule has 2 aromatic carbocycles. The van der Waals surface area contributed by atoms with Gasteiger partial charge in [-0.3, -0.25) is 12.9 Å². The predicted molar refractivity (Wildman–Crippen MR) is 107 cm³/mol. The van der Waals surface area contributed by atoms with Gasteiger partial charge in [-0.15, -0.1) is 0 Å². The van der Waals surface area contributed by atoms with Crippen LogP contribution in [-0.4, -0.2) is 7.54 Å². The van der Waals surface area contributed by atoms with Crippen LogP contribution >= 0.6 is 0 Å². The molecule has 3 rings (SSSR count). The van der Waals surface area contributed by atoms with Gasteiger partial charge in [0.2, 0.25) is 0 Å². The number of hydrogen-bond acceptors (Lipinski definition) is 0. The number of hydrogen-bond donors (Lipinski definition) is 0. The second-order valence-electron chi connectivity index (χ2n) is 4.65. The van der Waals surface area contributed by atoms with Crippen molar-refractivity contribution in [1.82, 2.24) is 0 Å². The molecule has 0 aromatic heterocycles. The van der Waals surface area contributed by atoms with E-state index < -0.39 is 7.54 Å². The van der Waals surface area contributed by atoms with Crippen LogP contribution in [0.15, 0.2) is 85.0 Å². The first-order valence-corrected chi connectivity index (χ1v) is 7.29. The zero-order valence-electron chi connectivity index (χ0n) is 16.2. The van der Waals surface area contributed by atoms with Gasteiger partial charge in [-0.2, -0.15) is 0 Å². The third kappa shape index (κ3) is 32.4. The molecule has 0 heterocycles. The number of allylic oxidation sites excluding steroid dienone is 4. The molecule has 0 amide bonds. The summed E-state index contributed by atoms with van der Waals surface area (Å²) in [6.07, 6.45) is 9.50. The Balaban J connectivity index is -0.0000000781. The fourth-order valence-electron chi connectivity index (χ4n) is 1.41. The van der Waals surface area contributed by atoms with Crippen LogP contribution in [0.2, 0.25) is 0 Å². The first kappa shape index (κ1) is 36.2. The SMILES string of the molecule is C1=CCC=C1.Cc1ccc(C)cc1.FB(F)F.[CH3-].[CH3-].[F-].[Fe+2].c1ccccc1. The van der Waals surface area contributed by atoms with E-state index in [1.807, 2.05) is 36.4 Å². The maximum absolute atomic E-state index is 9.67. The molecule has 27 heavy (non-hydrogen) atoms. The third-order valence-corrected chi connectivity index (χ3v) is 2.54. The van der Waals surface area contributed by atoms with Gasteiger partial charge in [0.1, 0.15) is 0 Å². The van der Waals surface area contributed by atoms with Crippen LogP contribution < -0.4 is 4.70 Å². The molecule has 0 N–H and O–H groups in total. The molecule has 0 atom stereocenters. The average Bonchev–Trinajstić information content (AvgIpc) is 3.12. The van der Waals surface area contributed by atoms with Crippen LogP contribution in [0, 0.1) is 28.7 Å². The maximum Gasteiger partial charge on any atom is 2.00 e. The second-order valence-corrected chi connectivity index (χ2v) is 4.65. The van der Waals surface area contributed by atoms with Gasteiger partial charge in [0.05, 0.1) is 0 Å². The molecular formula is C21H28BF4Fe-. The molecular weight excluding hydrogens is 395 g/mol. The zero-order valence-corrected chi connectivity index (χ0v) is 17.3. The van der Waals surface area contributed by atoms with Gasteiger partial charge in [-0.1, -0.05) is 96.1 Å². The van der Waals surface area contributed by atoms with Crippen LogP contribution in [0.5, 0.6) is 0 Å². The molecule has 0 fully saturated rings. The summed E-state index contributed by atoms with van der Waals surface area (Å²) in [4.78, 5) is 0. The van der Waals surface area contributed by atoms with Gasteiger partial charge >= 0.3 is 24.6 Å². The third-order valence-electron chi connectivity index (χ3n) is 2.54. The summed E-state index contributed by atoms with van der Waals surface area (Å²) in [5, 5.41) is 0. The molecule has 0 saturated heterocycles. The smallest absolute Gasteiger partial charge is 1.00 e. The Morgan fingerprint density at radius 2 is 0.889 bits per heavy atom. The molecule has 0 unspecified atom stereocenters. The van der Waals surface area contributed by atoms with Crippen LogP contribution in [0.1, 0.15) is 17.5 Å². The summed E-state index contributed by atoms with van der Waals surface area (Å²) >= 11 is 0. The Morgan fingerprint density at radius 3 is 1.04 bits per heavy atom. The van der Waals surface area contributed by atoms with Crippen molar-refractivity contribution in [3.05, 3.63) is 111 Å². The van der Waals surface area contributed by atoms with Gasteiger partial charge in [0, 0.05) is 0 Å². The van der Waals surface area contributed by atoms with Crippen molar-refractivity contribution in [1.29, 1.82) is 0 Å². The van der Waals surface area contributed by atoms with Crippen molar-refractivity contribution in [3.63, 3.8) is 0 Å². The van der Waals surface area contributed by atoms with E-state index in [1.165, 1.54) is 11.1 Å². The van der Waals surface area contributed by atoms with Gasteiger partial charge in [-0.25, -0.2) is 0 Å². The molecule has 1 aliphatic rings. The van der Waals surface area contributed by atoms with Crippen LogP contribution in [-0.2, 0) is 17.1 Å². The minimum absolute atomic E-state index is 0. The van der Waals surface area contributed by atoms with Crippen molar-refractivity contribution >= 4 is 7.54 Å². The summed E-state index contributed by atoms with van der Waals surface area (Å²) in [5.74, 6) is 0. The summed E-state index contributed by atoms with van der Waals surface area (Å²) in [6, 6.07) is 20.5. The Labute approximate surface area is 173 Å². The standard InChI is InChI=1S/C8H10.C6H6.C5H6.2CH3.BF3.FH.Fe/c1-7-3-5-8(2)6-4-7;1-2-4-6-5-3-1;1-2-4-5-3-1;;;2-1(3)4;;/h3-6H,1-2H3;1-6H;1-4H,5H2;2*1H3;;1H;/q;;;2*-1;;;+2/p-1. The molecule has 6 heteroatoms. The van der Waals surface area contributed by atoms with Crippen molar-refractivity contribution in [2.75, 3.05) is 0 Å². The van der Waals surface area contributed by atoms with Gasteiger partial charge < -0.3 is 19.6 Å². The minimum Gasteiger partial charge on any atom is -1.00 e. The van der Waals surface area contributed by atoms with Crippen molar-refractivity contribution < 1.29 is 34.7 Å². The summed E-state index contributed by atoms with van der Waals surface area (Å²) < 4.78 is 29.0. The van der Waals surface area contributed by atoms with Crippen LogP contribution in [0.25, 0.3) is 0 Å². The van der Waals surface area contributed by atoms with E-state index in [1.54, 1.807) is 0 Å². The van der Waals surface area contributed by atoms with E-state index in [0.29, 0.717) is 0 Å². The fraction of sp³-hybridized carbons (Fsp3) is 0.143. The van der Waals surface area contributed by atoms with Crippen molar-refractivity contribution in [2.45, 2.75) is 20.3 Å². The zero-order chi connectivity index (χ0) is 17.3. The molecule has 1 aliphatic carbocycles. The average molecular weight is 423 g/mol. The molecule has 0 nitrogen and oxygen atoms in total. The Morgan fingerprint density at radius 1 is 0.667 bits per heavy atom. The van der Waals surface area contributed by atoms with E-state index in [9.17, 15) is 12.9 Å². The van der Waals surface area contributed by atoms with E-state index in [-0.39, 0.29) is 36.6 Å². The maximum atomic E-state index is 9.67. The van der Waals surface area contributed by atoms with Crippen molar-refractivity contribution in [3.8, 4) is 0 Å². The summed E-state index contributed by atoms with van der Waals surface area (Å²) in [7, 11) is -3.67. The van der Waals surface area contributed by atoms with Gasteiger partial charge in [0.15, 0.2) is 0 Å². The normalized spacial score (nSPS) is 8.78. The molecule has 0 bridgehead atoms. The molecule has 2 aromatic rings. The van der Waals surface area contributed by atoms with E-state index >= 15 is 0 Å². The Hall–Kier alpha value is -1.78. The first-order valence-electron chi connectivity index (χ1n) is 7.29. The number of aryl methyl sites for hydroxylation is 2. The minimum atomic E-state index is -3.67. The molecule has 0 saturated carbocycles. The van der Waals surface area contributed by atoms with Crippen molar-refractivity contribution in [2.24, 2.45) is 0 Å². The van der Waals surface area contributed by atoms with Crippen LogP contribution in [0.3, 0.4) is 0 Å². The Kier molecular flexibility index (Phi) is 35.5. The first-order chi connectivity index (χ1) is 11.0. The second kappa shape index (κ2) is 26.5. The molecule has 152 valence electrons. The summed E-state index contributed by atoms with van der Waals surface area (Å²) in [5.41, 5.74) is 2.66. The molecule has 0 aliphatic heterocycles. The van der Waals surface area contributed by atoms with E-state index in [4.69, 9.17) is 0 Å². The van der Waals surface area contributed by atoms with Gasteiger partial charge in [0.25, 0.3) is 0 Å². The topological polar surface area (TPSA) is 0 Å². The quantitative estimate of drug-likeness (QED) is 0.338. The fourth-order valence-corrected chi connectivity index (χ4v) is 1.41. The molecule has 0 radical (unpaired) electrons. The van der Waals surface area contributed by atoms with E-state index in [0.717, 1.165) is 6.42 Å². The largest absolute Gasteiger partial charge is 2.00 e. The van der Waals surface area contributed by atoms with Gasteiger partial charge in [-0.05, 0) is 20.3 Å². The monoisotopic (exact) mass is 423 g/mol. The number of rotatable bonds is 0.